The van der Waals surface area contributed by atoms with Gasteiger partial charge in [0.15, 0.2) is 11.6 Å². The number of aryl methyl sites for hydroxylation is 2. The Kier molecular flexibility index (Phi) is 2.90. The summed E-state index contributed by atoms with van der Waals surface area (Å²) < 4.78 is 0. The monoisotopic (exact) mass is 364 g/mol. The maximum Gasteiger partial charge on any atom is 0.171 e. The van der Waals surface area contributed by atoms with Crippen LogP contribution in [0.4, 0.5) is 0 Å². The van der Waals surface area contributed by atoms with Crippen molar-refractivity contribution in [2.75, 3.05) is 0 Å². The summed E-state index contributed by atoms with van der Waals surface area (Å²) in [5, 5.41) is 0. The molecule has 0 aliphatic heterocycles. The first kappa shape index (κ1) is 16.0. The van der Waals surface area contributed by atoms with Gasteiger partial charge in [-0.2, -0.15) is 0 Å². The van der Waals surface area contributed by atoms with Gasteiger partial charge in [0.1, 0.15) is 0 Å². The molecule has 3 aromatic carbocycles. The fourth-order valence-corrected chi connectivity index (χ4v) is 6.25. The van der Waals surface area contributed by atoms with Crippen molar-refractivity contribution in [2.24, 2.45) is 11.3 Å². The van der Waals surface area contributed by atoms with Gasteiger partial charge in [-0.25, -0.2) is 0 Å². The Balaban J connectivity index is 1.72. The van der Waals surface area contributed by atoms with E-state index in [-0.39, 0.29) is 17.5 Å². The molecule has 28 heavy (non-hydrogen) atoms. The Hall–Kier alpha value is -3.00. The average molecular weight is 364 g/mol. The molecule has 2 heteroatoms. The van der Waals surface area contributed by atoms with Crippen molar-refractivity contribution < 1.29 is 9.59 Å². The first-order chi connectivity index (χ1) is 13.6. The quantitative estimate of drug-likeness (QED) is 0.575. The predicted octanol–water partition coefficient (Wildman–Crippen LogP) is 4.79. The van der Waals surface area contributed by atoms with Gasteiger partial charge in [0.2, 0.25) is 0 Å². The number of fused-ring (bicyclic) bond motifs is 8. The Labute approximate surface area is 164 Å². The van der Waals surface area contributed by atoms with E-state index in [4.69, 9.17) is 0 Å². The zero-order chi connectivity index (χ0) is 19.1. The minimum absolute atomic E-state index is 0.110. The fourth-order valence-electron chi connectivity index (χ4n) is 6.25. The first-order valence-corrected chi connectivity index (χ1v) is 9.96. The molecule has 2 nitrogen and oxygen atoms in total. The molecule has 0 heterocycles. The van der Waals surface area contributed by atoms with Crippen LogP contribution in [0.5, 0.6) is 0 Å². The van der Waals surface area contributed by atoms with Crippen LogP contribution in [0.1, 0.15) is 49.9 Å². The van der Waals surface area contributed by atoms with Crippen molar-refractivity contribution >= 4 is 11.6 Å². The summed E-state index contributed by atoms with van der Waals surface area (Å²) in [7, 11) is 0. The summed E-state index contributed by atoms with van der Waals surface area (Å²) in [5.74, 6) is -0.105. The van der Waals surface area contributed by atoms with Crippen LogP contribution in [0.2, 0.25) is 0 Å². The highest BCUT2D eigenvalue weighted by Crippen LogP contribution is 2.77. The van der Waals surface area contributed by atoms with Gasteiger partial charge in [-0.1, -0.05) is 79.7 Å². The fraction of sp³-hybridized carbons (Fsp3) is 0.231. The highest BCUT2D eigenvalue weighted by atomic mass is 16.1. The summed E-state index contributed by atoms with van der Waals surface area (Å²) in [6.45, 7) is 2.02. The largest absolute Gasteiger partial charge is 0.294 e. The highest BCUT2D eigenvalue weighted by Gasteiger charge is 2.83. The first-order valence-electron chi connectivity index (χ1n) is 9.96. The standard InChI is InChI=1S/C26H20O2/c1-25-23(22(27)18-10-4-5-11-19(18)24(25)28)26(25)20-12-6-2-8-16(20)14-15-17-9-3-7-13-21(17)26/h2-13,23H,14-15H2,1H3/t23-,25-/m0/s1. The van der Waals surface area contributed by atoms with Crippen molar-refractivity contribution in [1.29, 1.82) is 0 Å². The van der Waals surface area contributed by atoms with Gasteiger partial charge in [-0.15, -0.1) is 0 Å². The lowest BCUT2D eigenvalue weighted by Crippen LogP contribution is -2.28. The predicted molar refractivity (Wildman–Crippen MR) is 108 cm³/mol. The molecule has 0 unspecified atom stereocenters. The van der Waals surface area contributed by atoms with E-state index in [9.17, 15) is 9.59 Å². The zero-order valence-electron chi connectivity index (χ0n) is 15.7. The molecule has 0 amide bonds. The van der Waals surface area contributed by atoms with Gasteiger partial charge in [-0.3, -0.25) is 9.59 Å². The van der Waals surface area contributed by atoms with Crippen molar-refractivity contribution in [3.63, 3.8) is 0 Å². The maximum atomic E-state index is 13.8. The molecule has 3 aliphatic rings. The minimum atomic E-state index is -0.727. The molecule has 1 saturated carbocycles. The number of ketones is 2. The smallest absolute Gasteiger partial charge is 0.171 e. The molecule has 136 valence electrons. The Morgan fingerprint density at radius 1 is 0.714 bits per heavy atom. The van der Waals surface area contributed by atoms with Crippen LogP contribution in [0.25, 0.3) is 0 Å². The van der Waals surface area contributed by atoms with Gasteiger partial charge < -0.3 is 0 Å². The lowest BCUT2D eigenvalue weighted by atomic mass is 9.76. The molecule has 3 aromatic rings. The molecule has 3 aliphatic carbocycles. The van der Waals surface area contributed by atoms with Crippen LogP contribution in [-0.2, 0) is 18.3 Å². The maximum absolute atomic E-state index is 13.8. The minimum Gasteiger partial charge on any atom is -0.294 e. The lowest BCUT2D eigenvalue weighted by molar-refractivity contribution is 0.0822. The zero-order valence-corrected chi connectivity index (χ0v) is 15.7. The van der Waals surface area contributed by atoms with Crippen LogP contribution < -0.4 is 0 Å². The average Bonchev–Trinajstić information content (AvgIpc) is 3.36. The molecular weight excluding hydrogens is 344 g/mol. The van der Waals surface area contributed by atoms with Gasteiger partial charge >= 0.3 is 0 Å². The van der Waals surface area contributed by atoms with Gasteiger partial charge in [0.25, 0.3) is 0 Å². The lowest BCUT2D eigenvalue weighted by Gasteiger charge is -2.25. The van der Waals surface area contributed by atoms with Crippen molar-refractivity contribution in [1.82, 2.24) is 0 Å². The number of hydrogen-bond acceptors (Lipinski definition) is 2. The molecule has 0 radical (unpaired) electrons. The van der Waals surface area contributed by atoms with Crippen LogP contribution in [0.15, 0.2) is 72.8 Å². The van der Waals surface area contributed by atoms with Crippen molar-refractivity contribution in [2.45, 2.75) is 25.2 Å². The summed E-state index contributed by atoms with van der Waals surface area (Å²) in [4.78, 5) is 27.4. The third kappa shape index (κ3) is 1.58. The summed E-state index contributed by atoms with van der Waals surface area (Å²) in [5.41, 5.74) is 4.74. The molecule has 0 bridgehead atoms. The van der Waals surface area contributed by atoms with E-state index in [1.807, 2.05) is 43.3 Å². The van der Waals surface area contributed by atoms with Gasteiger partial charge in [0.05, 0.1) is 11.3 Å². The molecule has 6 rings (SSSR count). The van der Waals surface area contributed by atoms with E-state index in [1.54, 1.807) is 0 Å². The van der Waals surface area contributed by atoms with Crippen LogP contribution in [0, 0.1) is 11.3 Å². The van der Waals surface area contributed by atoms with Crippen molar-refractivity contribution in [3.8, 4) is 0 Å². The van der Waals surface area contributed by atoms with Crippen LogP contribution in [-0.4, -0.2) is 11.6 Å². The van der Waals surface area contributed by atoms with E-state index < -0.39 is 10.8 Å². The Morgan fingerprint density at radius 3 is 1.82 bits per heavy atom. The Morgan fingerprint density at radius 2 is 1.21 bits per heavy atom. The number of rotatable bonds is 0. The van der Waals surface area contributed by atoms with Gasteiger partial charge in [0, 0.05) is 16.5 Å². The summed E-state index contributed by atoms with van der Waals surface area (Å²) >= 11 is 0. The molecule has 1 fully saturated rings. The topological polar surface area (TPSA) is 34.1 Å². The van der Waals surface area contributed by atoms with Gasteiger partial charge in [-0.05, 0) is 35.1 Å². The molecule has 0 aromatic heterocycles. The number of carbonyl (C=O) groups excluding carboxylic acids is 2. The normalized spacial score (nSPS) is 26.0. The third-order valence-corrected chi connectivity index (χ3v) is 7.47. The SMILES string of the molecule is C[C@@]12C(=O)c3ccccc3C(=O)[C@@H]1C21c2ccccc2CCc2ccccc21. The second kappa shape index (κ2) is 5.08. The molecule has 0 saturated heterocycles. The summed E-state index contributed by atoms with van der Waals surface area (Å²) in [6, 6.07) is 24.2. The summed E-state index contributed by atoms with van der Waals surface area (Å²) in [6.07, 6.45) is 1.88. The second-order valence-corrected chi connectivity index (χ2v) is 8.50. The van der Waals surface area contributed by atoms with E-state index in [0.29, 0.717) is 11.1 Å². The van der Waals surface area contributed by atoms with Crippen LogP contribution in [0.3, 0.4) is 0 Å². The number of hydrogen-bond donors (Lipinski definition) is 0. The third-order valence-electron chi connectivity index (χ3n) is 7.47. The number of carbonyl (C=O) groups is 2. The number of benzene rings is 3. The molecule has 1 spiro atoms. The van der Waals surface area contributed by atoms with E-state index in [1.165, 1.54) is 22.3 Å². The van der Waals surface area contributed by atoms with E-state index >= 15 is 0 Å². The number of Topliss-reactive ketones (excluding diaryl/α,β-unsaturated/α-hetero) is 2. The highest BCUT2D eigenvalue weighted by molar-refractivity contribution is 6.23. The van der Waals surface area contributed by atoms with E-state index in [0.717, 1.165) is 12.8 Å². The van der Waals surface area contributed by atoms with E-state index in [2.05, 4.69) is 36.4 Å². The molecule has 2 atom stereocenters. The molecule has 0 N–H and O–H groups in total. The second-order valence-electron chi connectivity index (χ2n) is 8.50. The van der Waals surface area contributed by atoms with Crippen molar-refractivity contribution in [3.05, 3.63) is 106 Å². The Bertz CT molecular complexity index is 1140. The molecular formula is C26H20O2. The van der Waals surface area contributed by atoms with Crippen LogP contribution >= 0.6 is 0 Å².